The van der Waals surface area contributed by atoms with Crippen molar-refractivity contribution in [3.05, 3.63) is 18.5 Å². The zero-order chi connectivity index (χ0) is 16.0. The van der Waals surface area contributed by atoms with Gasteiger partial charge in [-0.05, 0) is 26.8 Å². The Kier molecular flexibility index (Phi) is 5.79. The summed E-state index contributed by atoms with van der Waals surface area (Å²) in [6, 6.07) is 1.75. The van der Waals surface area contributed by atoms with E-state index in [1.165, 1.54) is 0 Å². The summed E-state index contributed by atoms with van der Waals surface area (Å²) in [4.78, 5) is 14.4. The van der Waals surface area contributed by atoms with Crippen LogP contribution in [0, 0.1) is 0 Å². The number of carbonyl (C=O) groups excluding carboxylic acids is 1. The molecule has 0 saturated carbocycles. The Labute approximate surface area is 132 Å². The van der Waals surface area contributed by atoms with Gasteiger partial charge >= 0.3 is 6.03 Å². The second kappa shape index (κ2) is 7.60. The summed E-state index contributed by atoms with van der Waals surface area (Å²) in [5.74, 6) is 0. The van der Waals surface area contributed by atoms with Gasteiger partial charge in [0, 0.05) is 43.6 Å². The van der Waals surface area contributed by atoms with Crippen LogP contribution < -0.4 is 10.6 Å². The first-order valence-electron chi connectivity index (χ1n) is 7.82. The average Bonchev–Trinajstić information content (AvgIpc) is 2.99. The molecule has 1 aliphatic rings. The van der Waals surface area contributed by atoms with Gasteiger partial charge in [-0.2, -0.15) is 5.10 Å². The third-order valence-corrected chi connectivity index (χ3v) is 3.95. The second-order valence-corrected chi connectivity index (χ2v) is 6.37. The van der Waals surface area contributed by atoms with Crippen LogP contribution in [-0.4, -0.2) is 65.1 Å². The van der Waals surface area contributed by atoms with Crippen LogP contribution in [0.4, 0.5) is 4.79 Å². The van der Waals surface area contributed by atoms with E-state index in [1.54, 1.807) is 6.20 Å². The van der Waals surface area contributed by atoms with E-state index >= 15 is 0 Å². The number of hydrogen-bond acceptors (Lipinski definition) is 4. The Hall–Kier alpha value is -1.60. The highest BCUT2D eigenvalue weighted by Crippen LogP contribution is 2.14. The number of aromatic nitrogens is 2. The van der Waals surface area contributed by atoms with Crippen molar-refractivity contribution in [1.82, 2.24) is 25.3 Å². The predicted octanol–water partition coefficient (Wildman–Crippen LogP) is 0.682. The minimum atomic E-state index is -0.138. The van der Waals surface area contributed by atoms with Gasteiger partial charge in [0.1, 0.15) is 0 Å². The Morgan fingerprint density at radius 3 is 2.77 bits per heavy atom. The minimum absolute atomic E-state index is 0.0198. The molecule has 0 aliphatic carbocycles. The fourth-order valence-corrected chi connectivity index (χ4v) is 2.59. The van der Waals surface area contributed by atoms with Crippen LogP contribution in [0.15, 0.2) is 18.5 Å². The number of morpholine rings is 1. The minimum Gasteiger partial charge on any atom is -0.379 e. The van der Waals surface area contributed by atoms with E-state index < -0.39 is 0 Å². The Morgan fingerprint density at radius 2 is 2.14 bits per heavy atom. The van der Waals surface area contributed by atoms with Crippen molar-refractivity contribution in [2.24, 2.45) is 0 Å². The third-order valence-electron chi connectivity index (χ3n) is 3.95. The average molecular weight is 309 g/mol. The first-order valence-corrected chi connectivity index (χ1v) is 7.82. The van der Waals surface area contributed by atoms with Crippen molar-refractivity contribution in [2.45, 2.75) is 38.9 Å². The molecular weight excluding hydrogens is 282 g/mol. The van der Waals surface area contributed by atoms with Gasteiger partial charge < -0.3 is 15.4 Å². The molecule has 1 fully saturated rings. The van der Waals surface area contributed by atoms with Crippen LogP contribution in [0.2, 0.25) is 0 Å². The fourth-order valence-electron chi connectivity index (χ4n) is 2.59. The monoisotopic (exact) mass is 309 g/mol. The van der Waals surface area contributed by atoms with Gasteiger partial charge in [0.2, 0.25) is 0 Å². The fraction of sp³-hybridized carbons (Fsp3) is 0.733. The molecule has 1 aliphatic heterocycles. The molecule has 2 rings (SSSR count). The van der Waals surface area contributed by atoms with Gasteiger partial charge in [-0.15, -0.1) is 0 Å². The number of carbonyl (C=O) groups is 1. The number of nitrogens with zero attached hydrogens (tertiary/aromatic N) is 3. The summed E-state index contributed by atoms with van der Waals surface area (Å²) in [6.45, 7) is 10.9. The predicted molar refractivity (Wildman–Crippen MR) is 84.7 cm³/mol. The Morgan fingerprint density at radius 1 is 1.41 bits per heavy atom. The van der Waals surface area contributed by atoms with E-state index in [9.17, 15) is 4.79 Å². The number of nitrogens with one attached hydrogen (secondary N) is 2. The molecule has 7 heteroatoms. The van der Waals surface area contributed by atoms with E-state index in [0.29, 0.717) is 13.1 Å². The number of ether oxygens (including phenoxy) is 1. The van der Waals surface area contributed by atoms with Crippen molar-refractivity contribution in [1.29, 1.82) is 0 Å². The summed E-state index contributed by atoms with van der Waals surface area (Å²) in [5, 5.41) is 10.0. The van der Waals surface area contributed by atoms with Crippen molar-refractivity contribution in [3.63, 3.8) is 0 Å². The maximum absolute atomic E-state index is 12.0. The van der Waals surface area contributed by atoms with Crippen LogP contribution in [0.1, 0.15) is 20.8 Å². The number of urea groups is 1. The molecule has 0 aromatic carbocycles. The molecule has 22 heavy (non-hydrogen) atoms. The summed E-state index contributed by atoms with van der Waals surface area (Å²) in [6.07, 6.45) is 3.62. The third kappa shape index (κ3) is 4.99. The van der Waals surface area contributed by atoms with Gasteiger partial charge in [0.15, 0.2) is 0 Å². The largest absolute Gasteiger partial charge is 0.379 e. The van der Waals surface area contributed by atoms with E-state index in [2.05, 4.69) is 34.5 Å². The molecule has 1 aromatic rings. The smallest absolute Gasteiger partial charge is 0.315 e. The quantitative estimate of drug-likeness (QED) is 0.811. The highest BCUT2D eigenvalue weighted by Gasteiger charge is 2.28. The van der Waals surface area contributed by atoms with Crippen LogP contribution in [0.25, 0.3) is 0 Å². The van der Waals surface area contributed by atoms with Crippen LogP contribution >= 0.6 is 0 Å². The first-order chi connectivity index (χ1) is 10.5. The zero-order valence-electron chi connectivity index (χ0n) is 13.7. The maximum atomic E-state index is 12.0. The molecule has 0 spiro atoms. The van der Waals surface area contributed by atoms with Crippen molar-refractivity contribution in [2.75, 3.05) is 32.8 Å². The molecule has 2 amide bonds. The Balaban J connectivity index is 1.72. The van der Waals surface area contributed by atoms with Gasteiger partial charge in [-0.1, -0.05) is 0 Å². The Bertz CT molecular complexity index is 455. The van der Waals surface area contributed by atoms with Gasteiger partial charge in [0.25, 0.3) is 0 Å². The molecule has 7 nitrogen and oxygen atoms in total. The summed E-state index contributed by atoms with van der Waals surface area (Å²) in [7, 11) is 0. The number of hydrogen-bond donors (Lipinski definition) is 2. The van der Waals surface area contributed by atoms with Crippen LogP contribution in [0.3, 0.4) is 0 Å². The van der Waals surface area contributed by atoms with E-state index in [4.69, 9.17) is 4.74 Å². The lowest BCUT2D eigenvalue weighted by Gasteiger charge is -2.40. The molecule has 1 aromatic heterocycles. The molecular formula is C15H27N5O2. The van der Waals surface area contributed by atoms with E-state index in [-0.39, 0.29) is 17.6 Å². The molecule has 0 bridgehead atoms. The molecule has 1 atom stereocenters. The lowest BCUT2D eigenvalue weighted by molar-refractivity contribution is -0.00876. The van der Waals surface area contributed by atoms with Crippen molar-refractivity contribution in [3.8, 4) is 0 Å². The van der Waals surface area contributed by atoms with Gasteiger partial charge in [-0.3, -0.25) is 9.58 Å². The van der Waals surface area contributed by atoms with Crippen LogP contribution in [-0.2, 0) is 11.3 Å². The summed E-state index contributed by atoms with van der Waals surface area (Å²) < 4.78 is 7.18. The SMILES string of the molecule is C[C@@H](Cn1cccn1)NC(=O)NCC(C)(C)N1CCOCC1. The maximum Gasteiger partial charge on any atom is 0.315 e. The lowest BCUT2D eigenvalue weighted by atomic mass is 10.0. The second-order valence-electron chi connectivity index (χ2n) is 6.37. The van der Waals surface area contributed by atoms with Crippen molar-refractivity contribution < 1.29 is 9.53 Å². The van der Waals surface area contributed by atoms with E-state index in [0.717, 1.165) is 26.3 Å². The highest BCUT2D eigenvalue weighted by atomic mass is 16.5. The molecule has 2 heterocycles. The summed E-state index contributed by atoms with van der Waals surface area (Å²) in [5.41, 5.74) is -0.0770. The number of rotatable bonds is 6. The normalized spacial score (nSPS) is 18.0. The lowest BCUT2D eigenvalue weighted by Crippen LogP contribution is -2.56. The highest BCUT2D eigenvalue weighted by molar-refractivity contribution is 5.74. The summed E-state index contributed by atoms with van der Waals surface area (Å²) >= 11 is 0. The molecule has 1 saturated heterocycles. The molecule has 0 unspecified atom stereocenters. The standard InChI is InChI=1S/C15H27N5O2/c1-13(11-20-6-4-5-17-20)18-14(21)16-12-15(2,3)19-7-9-22-10-8-19/h4-6,13H,7-12H2,1-3H3,(H2,16,18,21)/t13-/m0/s1. The molecule has 0 radical (unpaired) electrons. The number of amides is 2. The first kappa shape index (κ1) is 16.8. The molecule has 124 valence electrons. The molecule has 2 N–H and O–H groups in total. The van der Waals surface area contributed by atoms with Crippen LogP contribution in [0.5, 0.6) is 0 Å². The topological polar surface area (TPSA) is 71.4 Å². The zero-order valence-corrected chi connectivity index (χ0v) is 13.7. The van der Waals surface area contributed by atoms with Crippen molar-refractivity contribution >= 4 is 6.03 Å². The van der Waals surface area contributed by atoms with E-state index in [1.807, 2.05) is 23.9 Å². The van der Waals surface area contributed by atoms with Gasteiger partial charge in [0.05, 0.1) is 19.8 Å². The van der Waals surface area contributed by atoms with Gasteiger partial charge in [-0.25, -0.2) is 4.79 Å².